The van der Waals surface area contributed by atoms with E-state index in [-0.39, 0.29) is 5.91 Å². The monoisotopic (exact) mass is 396 g/mol. The maximum absolute atomic E-state index is 13.0. The topological polar surface area (TPSA) is 81.4 Å². The molecule has 2 aliphatic rings. The zero-order valence-corrected chi connectivity index (χ0v) is 16.2. The van der Waals surface area contributed by atoms with Gasteiger partial charge in [-0.25, -0.2) is 0 Å². The van der Waals surface area contributed by atoms with Gasteiger partial charge in [0.2, 0.25) is 5.82 Å². The molecule has 7 nitrogen and oxygen atoms in total. The third-order valence-corrected chi connectivity index (χ3v) is 6.44. The van der Waals surface area contributed by atoms with E-state index in [2.05, 4.69) is 21.2 Å². The van der Waals surface area contributed by atoms with Gasteiger partial charge in [-0.2, -0.15) is 4.98 Å². The summed E-state index contributed by atoms with van der Waals surface area (Å²) in [6, 6.07) is 5.73. The highest BCUT2D eigenvalue weighted by Gasteiger charge is 2.31. The molecular formula is C20H20N4O3S. The van der Waals surface area contributed by atoms with E-state index in [0.717, 1.165) is 23.3 Å². The molecule has 4 heterocycles. The van der Waals surface area contributed by atoms with Crippen LogP contribution in [0, 0.1) is 0 Å². The van der Waals surface area contributed by atoms with Gasteiger partial charge in [0.25, 0.3) is 11.8 Å². The average Bonchev–Trinajstić information content (AvgIpc) is 3.41. The Labute approximate surface area is 166 Å². The Morgan fingerprint density at radius 1 is 1.21 bits per heavy atom. The number of fused-ring (bicyclic) bond motifs is 1. The van der Waals surface area contributed by atoms with Gasteiger partial charge < -0.3 is 14.2 Å². The van der Waals surface area contributed by atoms with Gasteiger partial charge in [0.05, 0.1) is 18.0 Å². The summed E-state index contributed by atoms with van der Waals surface area (Å²) in [5.74, 6) is 0.965. The van der Waals surface area contributed by atoms with Crippen molar-refractivity contribution in [1.82, 2.24) is 20.0 Å². The Kier molecular flexibility index (Phi) is 4.66. The van der Waals surface area contributed by atoms with Crippen LogP contribution in [0.2, 0.25) is 0 Å². The number of aromatic nitrogens is 3. The van der Waals surface area contributed by atoms with Crippen molar-refractivity contribution in [3.63, 3.8) is 0 Å². The van der Waals surface area contributed by atoms with Gasteiger partial charge >= 0.3 is 0 Å². The van der Waals surface area contributed by atoms with E-state index in [1.165, 1.54) is 23.3 Å². The van der Waals surface area contributed by atoms with E-state index in [4.69, 9.17) is 9.26 Å². The zero-order valence-electron chi connectivity index (χ0n) is 15.3. The number of aryl methyl sites for hydroxylation is 2. The predicted molar refractivity (Wildman–Crippen MR) is 103 cm³/mol. The molecule has 0 bridgehead atoms. The summed E-state index contributed by atoms with van der Waals surface area (Å²) in [7, 11) is 0. The molecule has 3 aromatic heterocycles. The molecule has 1 aliphatic heterocycles. The SMILES string of the molecule is O=C(c1cc2c(s1)CCCC2)N1CCO[C@H](c2nc(-c3ccncc3)no2)C1. The number of amides is 1. The Hall–Kier alpha value is -2.58. The number of hydrogen-bond donors (Lipinski definition) is 0. The maximum atomic E-state index is 13.0. The summed E-state index contributed by atoms with van der Waals surface area (Å²) in [5, 5.41) is 4.04. The number of carbonyl (C=O) groups excluding carboxylic acids is 1. The van der Waals surface area contributed by atoms with Crippen LogP contribution in [0.15, 0.2) is 35.1 Å². The van der Waals surface area contributed by atoms with Crippen LogP contribution in [0.5, 0.6) is 0 Å². The molecule has 5 rings (SSSR count). The number of thiophene rings is 1. The molecule has 8 heteroatoms. The van der Waals surface area contributed by atoms with E-state index < -0.39 is 6.10 Å². The quantitative estimate of drug-likeness (QED) is 0.676. The molecule has 3 aromatic rings. The third kappa shape index (κ3) is 3.33. The largest absolute Gasteiger partial charge is 0.365 e. The van der Waals surface area contributed by atoms with Crippen molar-refractivity contribution in [2.75, 3.05) is 19.7 Å². The standard InChI is InChI=1S/C20H20N4O3S/c25-20(17-11-14-3-1-2-4-16(14)28-17)24-9-10-26-15(12-24)19-22-18(23-27-19)13-5-7-21-8-6-13/h5-8,11,15H,1-4,9-10,12H2/t15-/m0/s1. The fourth-order valence-corrected chi connectivity index (χ4v) is 4.94. The molecule has 28 heavy (non-hydrogen) atoms. The Morgan fingerprint density at radius 3 is 2.93 bits per heavy atom. The Morgan fingerprint density at radius 2 is 2.07 bits per heavy atom. The minimum atomic E-state index is -0.407. The fraction of sp³-hybridized carbons (Fsp3) is 0.400. The predicted octanol–water partition coefficient (Wildman–Crippen LogP) is 3.29. The van der Waals surface area contributed by atoms with Gasteiger partial charge in [-0.1, -0.05) is 5.16 Å². The Balaban J connectivity index is 1.32. The lowest BCUT2D eigenvalue weighted by Gasteiger charge is -2.30. The van der Waals surface area contributed by atoms with Crippen LogP contribution >= 0.6 is 11.3 Å². The van der Waals surface area contributed by atoms with Gasteiger partial charge in [0.1, 0.15) is 0 Å². The Bertz CT molecular complexity index is 961. The van der Waals surface area contributed by atoms with Crippen molar-refractivity contribution in [3.8, 4) is 11.4 Å². The molecule has 0 aromatic carbocycles. The van der Waals surface area contributed by atoms with Crippen molar-refractivity contribution in [2.24, 2.45) is 0 Å². The van der Waals surface area contributed by atoms with Crippen molar-refractivity contribution >= 4 is 17.2 Å². The van der Waals surface area contributed by atoms with Crippen LogP contribution in [0.4, 0.5) is 0 Å². The first kappa shape index (κ1) is 17.5. The molecule has 1 aliphatic carbocycles. The van der Waals surface area contributed by atoms with E-state index in [9.17, 15) is 4.79 Å². The molecule has 0 spiro atoms. The van der Waals surface area contributed by atoms with E-state index >= 15 is 0 Å². The second kappa shape index (κ2) is 7.44. The molecule has 144 valence electrons. The van der Waals surface area contributed by atoms with Crippen LogP contribution in [0.3, 0.4) is 0 Å². The van der Waals surface area contributed by atoms with Gasteiger partial charge in [0.15, 0.2) is 6.10 Å². The number of pyridine rings is 1. The number of hydrogen-bond acceptors (Lipinski definition) is 7. The van der Waals surface area contributed by atoms with Crippen molar-refractivity contribution in [1.29, 1.82) is 0 Å². The lowest BCUT2D eigenvalue weighted by Crippen LogP contribution is -2.42. The lowest BCUT2D eigenvalue weighted by molar-refractivity contribution is -0.0365. The highest BCUT2D eigenvalue weighted by Crippen LogP contribution is 2.31. The molecule has 0 radical (unpaired) electrons. The van der Waals surface area contributed by atoms with E-state index in [1.54, 1.807) is 23.7 Å². The smallest absolute Gasteiger partial charge is 0.264 e. The van der Waals surface area contributed by atoms with Crippen LogP contribution in [-0.2, 0) is 17.6 Å². The van der Waals surface area contributed by atoms with Gasteiger partial charge in [-0.15, -0.1) is 11.3 Å². The summed E-state index contributed by atoms with van der Waals surface area (Å²) >= 11 is 1.65. The summed E-state index contributed by atoms with van der Waals surface area (Å²) in [4.78, 5) is 25.5. The molecule has 0 saturated carbocycles. The highest BCUT2D eigenvalue weighted by molar-refractivity contribution is 7.14. The lowest BCUT2D eigenvalue weighted by atomic mass is 9.99. The van der Waals surface area contributed by atoms with Crippen LogP contribution in [0.25, 0.3) is 11.4 Å². The summed E-state index contributed by atoms with van der Waals surface area (Å²) in [5.41, 5.74) is 2.18. The first-order chi connectivity index (χ1) is 13.8. The summed E-state index contributed by atoms with van der Waals surface area (Å²) < 4.78 is 11.2. The van der Waals surface area contributed by atoms with Crippen LogP contribution in [-0.4, -0.2) is 45.6 Å². The zero-order chi connectivity index (χ0) is 18.9. The fourth-order valence-electron chi connectivity index (χ4n) is 3.72. The third-order valence-electron chi connectivity index (χ3n) is 5.22. The number of carbonyl (C=O) groups is 1. The van der Waals surface area contributed by atoms with Gasteiger partial charge in [-0.05, 0) is 49.4 Å². The minimum absolute atomic E-state index is 0.0709. The second-order valence-corrected chi connectivity index (χ2v) is 8.21. The highest BCUT2D eigenvalue weighted by atomic mass is 32.1. The number of morpholine rings is 1. The summed E-state index contributed by atoms with van der Waals surface area (Å²) in [6.45, 7) is 1.44. The first-order valence-electron chi connectivity index (χ1n) is 9.54. The normalized spacial score (nSPS) is 19.4. The molecule has 0 unspecified atom stereocenters. The van der Waals surface area contributed by atoms with Gasteiger partial charge in [0, 0.05) is 29.4 Å². The molecule has 1 atom stereocenters. The molecule has 1 fully saturated rings. The van der Waals surface area contributed by atoms with Gasteiger partial charge in [-0.3, -0.25) is 9.78 Å². The van der Waals surface area contributed by atoms with E-state index in [1.807, 2.05) is 17.0 Å². The van der Waals surface area contributed by atoms with Crippen molar-refractivity contribution in [2.45, 2.75) is 31.8 Å². The average molecular weight is 396 g/mol. The molecule has 0 N–H and O–H groups in total. The number of nitrogens with zero attached hydrogens (tertiary/aromatic N) is 4. The molecule has 1 amide bonds. The first-order valence-corrected chi connectivity index (χ1v) is 10.4. The summed E-state index contributed by atoms with van der Waals surface area (Å²) in [6.07, 6.45) is 7.58. The second-order valence-electron chi connectivity index (χ2n) is 7.07. The number of rotatable bonds is 3. The number of ether oxygens (including phenoxy) is 1. The van der Waals surface area contributed by atoms with Crippen molar-refractivity contribution in [3.05, 3.63) is 51.8 Å². The van der Waals surface area contributed by atoms with Crippen LogP contribution < -0.4 is 0 Å². The van der Waals surface area contributed by atoms with Crippen molar-refractivity contribution < 1.29 is 14.1 Å². The van der Waals surface area contributed by atoms with Crippen LogP contribution in [0.1, 0.15) is 44.9 Å². The maximum Gasteiger partial charge on any atom is 0.264 e. The molecular weight excluding hydrogens is 376 g/mol. The molecule has 1 saturated heterocycles. The minimum Gasteiger partial charge on any atom is -0.365 e. The van der Waals surface area contributed by atoms with E-state index in [0.29, 0.717) is 31.4 Å².